The molecule has 8 rings (SSSR count). The third kappa shape index (κ3) is 6.20. The number of morpholine rings is 1. The lowest BCUT2D eigenvalue weighted by Crippen LogP contribution is -2.36. The lowest BCUT2D eigenvalue weighted by molar-refractivity contribution is 0.102. The van der Waals surface area contributed by atoms with Gasteiger partial charge >= 0.3 is 0 Å². The van der Waals surface area contributed by atoms with Crippen molar-refractivity contribution in [3.63, 3.8) is 0 Å². The number of amides is 1. The second-order valence-electron chi connectivity index (χ2n) is 12.2. The van der Waals surface area contributed by atoms with Crippen LogP contribution in [-0.4, -0.2) is 48.7 Å². The molecule has 1 fully saturated rings. The number of hydrogen-bond acceptors (Lipinski definition) is 6. The number of anilines is 4. The Hall–Kier alpha value is -5.47. The van der Waals surface area contributed by atoms with Crippen LogP contribution in [-0.2, 0) is 24.2 Å². The summed E-state index contributed by atoms with van der Waals surface area (Å²) in [6.07, 6.45) is 7.14. The molecular formula is C39H37N5O3. The van der Waals surface area contributed by atoms with Gasteiger partial charge in [0.25, 0.3) is 5.91 Å². The molecule has 1 amide bonds. The minimum atomic E-state index is -0.126. The summed E-state index contributed by atoms with van der Waals surface area (Å²) < 4.78 is 11.5. The first-order chi connectivity index (χ1) is 23.2. The Balaban J connectivity index is 0.932. The van der Waals surface area contributed by atoms with Crippen molar-refractivity contribution in [2.75, 3.05) is 48.4 Å². The molecule has 236 valence electrons. The summed E-state index contributed by atoms with van der Waals surface area (Å²) in [5, 5.41) is 6.64. The fourth-order valence-corrected chi connectivity index (χ4v) is 6.57. The second kappa shape index (κ2) is 12.7. The Bertz CT molecular complexity index is 1930. The Morgan fingerprint density at radius 1 is 0.787 bits per heavy atom. The number of rotatable bonds is 8. The first kappa shape index (κ1) is 29.0. The molecule has 1 saturated heterocycles. The highest BCUT2D eigenvalue weighted by Gasteiger charge is 2.22. The standard InChI is InChI=1S/C39H37N5O3/c45-39-33-12-7-29(34-24-40-38-26-43(16-14-32(34)38)25-28-4-2-1-3-5-28)23-36(33)41-35-13-6-27(22-37(35)42-39)15-19-47-31-10-8-30(9-11-31)44-17-20-46-21-18-44/h1-14,16,22-24,40-41H,15,17-21,25-26H2,(H,42,45). The average molecular weight is 624 g/mol. The number of H-pyrrole nitrogens is 1. The first-order valence-corrected chi connectivity index (χ1v) is 16.2. The molecule has 3 aliphatic heterocycles. The SMILES string of the molecule is O=C1Nc2cc(CCOc3ccc(N4CCOCC4)cc3)ccc2Nc2cc(-c3c[nH]c4c3C=CN(Cc3ccccc3)C4)ccc21. The number of fused-ring (bicyclic) bond motifs is 3. The number of hydrogen-bond donors (Lipinski definition) is 3. The van der Waals surface area contributed by atoms with Crippen molar-refractivity contribution in [1.29, 1.82) is 0 Å². The van der Waals surface area contributed by atoms with Crippen LogP contribution in [0.2, 0.25) is 0 Å². The van der Waals surface area contributed by atoms with Crippen LogP contribution in [0.25, 0.3) is 17.2 Å². The quantitative estimate of drug-likeness (QED) is 0.167. The van der Waals surface area contributed by atoms with E-state index in [4.69, 9.17) is 9.47 Å². The van der Waals surface area contributed by atoms with E-state index in [2.05, 4.69) is 92.4 Å². The second-order valence-corrected chi connectivity index (χ2v) is 12.2. The number of carbonyl (C=O) groups excluding carboxylic acids is 1. The highest BCUT2D eigenvalue weighted by atomic mass is 16.5. The summed E-state index contributed by atoms with van der Waals surface area (Å²) in [5.41, 5.74) is 11.2. The van der Waals surface area contributed by atoms with Gasteiger partial charge < -0.3 is 34.9 Å². The molecule has 5 aromatic rings. The smallest absolute Gasteiger partial charge is 0.257 e. The summed E-state index contributed by atoms with van der Waals surface area (Å²) in [6, 6.07) is 30.9. The zero-order valence-corrected chi connectivity index (χ0v) is 26.2. The molecule has 3 N–H and O–H groups in total. The summed E-state index contributed by atoms with van der Waals surface area (Å²) in [7, 11) is 0. The van der Waals surface area contributed by atoms with Crippen molar-refractivity contribution in [2.45, 2.75) is 19.5 Å². The van der Waals surface area contributed by atoms with Crippen molar-refractivity contribution in [3.8, 4) is 16.9 Å². The van der Waals surface area contributed by atoms with Gasteiger partial charge in [0.1, 0.15) is 5.75 Å². The van der Waals surface area contributed by atoms with Crippen LogP contribution in [0.5, 0.6) is 5.75 Å². The number of ether oxygens (including phenoxy) is 2. The van der Waals surface area contributed by atoms with Gasteiger partial charge in [-0.2, -0.15) is 0 Å². The average Bonchev–Trinajstić information content (AvgIpc) is 3.47. The van der Waals surface area contributed by atoms with Crippen LogP contribution in [0.4, 0.5) is 22.7 Å². The maximum atomic E-state index is 13.3. The van der Waals surface area contributed by atoms with E-state index >= 15 is 0 Å². The molecular weight excluding hydrogens is 586 g/mol. The molecule has 8 nitrogen and oxygen atoms in total. The van der Waals surface area contributed by atoms with Crippen LogP contribution >= 0.6 is 0 Å². The van der Waals surface area contributed by atoms with E-state index in [0.717, 1.165) is 85.3 Å². The van der Waals surface area contributed by atoms with E-state index in [1.165, 1.54) is 22.5 Å². The van der Waals surface area contributed by atoms with Crippen molar-refractivity contribution in [2.24, 2.45) is 0 Å². The third-order valence-electron chi connectivity index (χ3n) is 9.10. The number of nitrogens with one attached hydrogen (secondary N) is 3. The van der Waals surface area contributed by atoms with Gasteiger partial charge in [-0.15, -0.1) is 0 Å². The molecule has 4 aromatic carbocycles. The van der Waals surface area contributed by atoms with Crippen LogP contribution < -0.4 is 20.3 Å². The lowest BCUT2D eigenvalue weighted by atomic mass is 9.98. The predicted octanol–water partition coefficient (Wildman–Crippen LogP) is 7.44. The Kier molecular flexibility index (Phi) is 7.85. The number of aromatic nitrogens is 1. The molecule has 4 heterocycles. The molecule has 0 radical (unpaired) electrons. The van der Waals surface area contributed by atoms with Gasteiger partial charge in [0.15, 0.2) is 0 Å². The summed E-state index contributed by atoms with van der Waals surface area (Å²) >= 11 is 0. The third-order valence-corrected chi connectivity index (χ3v) is 9.10. The molecule has 0 aliphatic carbocycles. The molecule has 47 heavy (non-hydrogen) atoms. The summed E-state index contributed by atoms with van der Waals surface area (Å²) in [5.74, 6) is 0.723. The van der Waals surface area contributed by atoms with E-state index in [1.807, 2.05) is 42.5 Å². The number of nitrogens with zero attached hydrogens (tertiary/aromatic N) is 2. The van der Waals surface area contributed by atoms with Crippen molar-refractivity contribution in [1.82, 2.24) is 9.88 Å². The van der Waals surface area contributed by atoms with E-state index in [0.29, 0.717) is 12.2 Å². The molecule has 8 heteroatoms. The Morgan fingerprint density at radius 3 is 2.49 bits per heavy atom. The van der Waals surface area contributed by atoms with Gasteiger partial charge in [0, 0.05) is 61.0 Å². The maximum absolute atomic E-state index is 13.3. The minimum Gasteiger partial charge on any atom is -0.493 e. The van der Waals surface area contributed by atoms with Crippen LogP contribution in [0.3, 0.4) is 0 Å². The van der Waals surface area contributed by atoms with Gasteiger partial charge in [-0.05, 0) is 71.3 Å². The van der Waals surface area contributed by atoms with Crippen molar-refractivity contribution in [3.05, 3.63) is 131 Å². The monoisotopic (exact) mass is 623 g/mol. The highest BCUT2D eigenvalue weighted by molar-refractivity contribution is 6.12. The van der Waals surface area contributed by atoms with Crippen LogP contribution in [0.15, 0.2) is 103 Å². The largest absolute Gasteiger partial charge is 0.493 e. The maximum Gasteiger partial charge on any atom is 0.257 e. The molecule has 0 unspecified atom stereocenters. The van der Waals surface area contributed by atoms with Crippen LogP contribution in [0.1, 0.15) is 32.7 Å². The van der Waals surface area contributed by atoms with Gasteiger partial charge in [-0.3, -0.25) is 4.79 Å². The number of carbonyl (C=O) groups is 1. The molecule has 0 bridgehead atoms. The molecule has 0 spiro atoms. The molecule has 0 atom stereocenters. The Morgan fingerprint density at radius 2 is 1.64 bits per heavy atom. The van der Waals surface area contributed by atoms with Crippen molar-refractivity contribution < 1.29 is 14.3 Å². The zero-order valence-electron chi connectivity index (χ0n) is 26.2. The van der Waals surface area contributed by atoms with Gasteiger partial charge in [-0.1, -0.05) is 42.5 Å². The van der Waals surface area contributed by atoms with E-state index in [1.54, 1.807) is 0 Å². The predicted molar refractivity (Wildman–Crippen MR) is 187 cm³/mol. The summed E-state index contributed by atoms with van der Waals surface area (Å²) in [6.45, 7) is 5.58. The zero-order chi connectivity index (χ0) is 31.6. The minimum absolute atomic E-state index is 0.126. The van der Waals surface area contributed by atoms with Gasteiger partial charge in [-0.25, -0.2) is 0 Å². The normalized spacial score (nSPS) is 15.2. The Labute approximate surface area is 274 Å². The lowest BCUT2D eigenvalue weighted by Gasteiger charge is -2.28. The fourth-order valence-electron chi connectivity index (χ4n) is 6.57. The van der Waals surface area contributed by atoms with E-state index < -0.39 is 0 Å². The topological polar surface area (TPSA) is 81.9 Å². The van der Waals surface area contributed by atoms with Gasteiger partial charge in [0.2, 0.25) is 0 Å². The number of aromatic amines is 1. The highest BCUT2D eigenvalue weighted by Crippen LogP contribution is 2.37. The van der Waals surface area contributed by atoms with Gasteiger partial charge in [0.05, 0.1) is 49.0 Å². The van der Waals surface area contributed by atoms with Crippen molar-refractivity contribution >= 4 is 34.7 Å². The first-order valence-electron chi connectivity index (χ1n) is 16.2. The molecule has 1 aromatic heterocycles. The molecule has 3 aliphatic rings. The van der Waals surface area contributed by atoms with E-state index in [9.17, 15) is 4.79 Å². The molecule has 0 saturated carbocycles. The number of benzene rings is 4. The van der Waals surface area contributed by atoms with E-state index in [-0.39, 0.29) is 5.91 Å². The summed E-state index contributed by atoms with van der Waals surface area (Å²) in [4.78, 5) is 21.5. The van der Waals surface area contributed by atoms with Crippen LogP contribution in [0, 0.1) is 0 Å². The fraction of sp³-hybridized carbons (Fsp3) is 0.205.